The largest absolute Gasteiger partial charge is 0.303 e. The topological polar surface area (TPSA) is 39.1 Å². The molecular formula is C16H33N3. The van der Waals surface area contributed by atoms with Gasteiger partial charge in [0.05, 0.1) is 6.07 Å². The van der Waals surface area contributed by atoms with Gasteiger partial charge < -0.3 is 4.90 Å². The van der Waals surface area contributed by atoms with Gasteiger partial charge in [0.2, 0.25) is 0 Å². The van der Waals surface area contributed by atoms with Gasteiger partial charge in [-0.25, -0.2) is 0 Å². The van der Waals surface area contributed by atoms with Crippen LogP contribution in [0.2, 0.25) is 0 Å². The van der Waals surface area contributed by atoms with Crippen LogP contribution >= 0.6 is 0 Å². The minimum atomic E-state index is -0.312. The van der Waals surface area contributed by atoms with E-state index in [0.29, 0.717) is 5.92 Å². The molecule has 0 aromatic carbocycles. The van der Waals surface area contributed by atoms with Crippen molar-refractivity contribution >= 4 is 0 Å². The predicted molar refractivity (Wildman–Crippen MR) is 83.1 cm³/mol. The Balaban J connectivity index is 4.21. The fourth-order valence-electron chi connectivity index (χ4n) is 2.43. The molecule has 3 nitrogen and oxygen atoms in total. The molecule has 1 atom stereocenters. The monoisotopic (exact) mass is 267 g/mol. The second kappa shape index (κ2) is 10.2. The van der Waals surface area contributed by atoms with Crippen LogP contribution in [0.15, 0.2) is 0 Å². The van der Waals surface area contributed by atoms with Crippen LogP contribution in [0.5, 0.6) is 0 Å². The molecule has 0 aliphatic carbocycles. The molecule has 1 N–H and O–H groups in total. The van der Waals surface area contributed by atoms with Gasteiger partial charge in [0.15, 0.2) is 0 Å². The number of hydrogen-bond acceptors (Lipinski definition) is 3. The van der Waals surface area contributed by atoms with Crippen LogP contribution < -0.4 is 5.32 Å². The summed E-state index contributed by atoms with van der Waals surface area (Å²) in [6, 6.07) is 2.50. The Hall–Kier alpha value is -0.590. The lowest BCUT2D eigenvalue weighted by Crippen LogP contribution is -2.44. The molecule has 112 valence electrons. The summed E-state index contributed by atoms with van der Waals surface area (Å²) < 4.78 is 0. The SMILES string of the molecule is CCCNC(C#N)(CC)CCCN(CC)CC(C)C. The highest BCUT2D eigenvalue weighted by Gasteiger charge is 2.26. The van der Waals surface area contributed by atoms with Crippen LogP contribution in [0.1, 0.15) is 60.3 Å². The van der Waals surface area contributed by atoms with E-state index in [1.54, 1.807) is 0 Å². The van der Waals surface area contributed by atoms with E-state index in [9.17, 15) is 5.26 Å². The van der Waals surface area contributed by atoms with Crippen molar-refractivity contribution in [1.82, 2.24) is 10.2 Å². The molecule has 0 radical (unpaired) electrons. The van der Waals surface area contributed by atoms with Crippen molar-refractivity contribution in [3.8, 4) is 6.07 Å². The maximum atomic E-state index is 9.44. The normalized spacial score (nSPS) is 14.6. The van der Waals surface area contributed by atoms with Gasteiger partial charge in [-0.05, 0) is 51.2 Å². The summed E-state index contributed by atoms with van der Waals surface area (Å²) in [7, 11) is 0. The van der Waals surface area contributed by atoms with Gasteiger partial charge >= 0.3 is 0 Å². The van der Waals surface area contributed by atoms with Gasteiger partial charge in [0.1, 0.15) is 5.54 Å². The van der Waals surface area contributed by atoms with Gasteiger partial charge in [0, 0.05) is 6.54 Å². The van der Waals surface area contributed by atoms with Crippen molar-refractivity contribution in [2.45, 2.75) is 65.8 Å². The van der Waals surface area contributed by atoms with E-state index in [2.05, 4.69) is 50.9 Å². The van der Waals surface area contributed by atoms with Crippen molar-refractivity contribution in [1.29, 1.82) is 5.26 Å². The molecule has 0 fully saturated rings. The number of nitrogens with one attached hydrogen (secondary N) is 1. The average Bonchev–Trinajstić information content (AvgIpc) is 2.41. The van der Waals surface area contributed by atoms with Crippen LogP contribution in [-0.2, 0) is 0 Å². The molecule has 0 bridgehead atoms. The molecule has 0 heterocycles. The van der Waals surface area contributed by atoms with Crippen LogP contribution in [0.25, 0.3) is 0 Å². The average molecular weight is 267 g/mol. The smallest absolute Gasteiger partial charge is 0.106 e. The first kappa shape index (κ1) is 18.4. The van der Waals surface area contributed by atoms with Crippen LogP contribution in [0.3, 0.4) is 0 Å². The molecular weight excluding hydrogens is 234 g/mol. The zero-order chi connectivity index (χ0) is 14.7. The summed E-state index contributed by atoms with van der Waals surface area (Å²) in [5.41, 5.74) is -0.312. The van der Waals surface area contributed by atoms with E-state index in [0.717, 1.165) is 51.9 Å². The number of rotatable bonds is 11. The summed E-state index contributed by atoms with van der Waals surface area (Å²) in [6.07, 6.45) is 4.02. The van der Waals surface area contributed by atoms with Crippen molar-refractivity contribution in [3.63, 3.8) is 0 Å². The molecule has 19 heavy (non-hydrogen) atoms. The van der Waals surface area contributed by atoms with E-state index < -0.39 is 0 Å². The zero-order valence-corrected chi connectivity index (χ0v) is 13.6. The summed E-state index contributed by atoms with van der Waals surface area (Å²) in [4.78, 5) is 2.49. The van der Waals surface area contributed by atoms with Crippen LogP contribution in [-0.4, -0.2) is 36.6 Å². The Bertz CT molecular complexity index is 257. The standard InChI is InChI=1S/C16H33N3/c1-6-11-18-16(7-2,14-17)10-9-12-19(8-3)13-15(4)5/h15,18H,6-13H2,1-5H3. The predicted octanol–water partition coefficient (Wildman–Crippen LogP) is 3.42. The molecule has 1 unspecified atom stereocenters. The Labute approximate surface area is 120 Å². The zero-order valence-electron chi connectivity index (χ0n) is 13.6. The lowest BCUT2D eigenvalue weighted by molar-refractivity contribution is 0.239. The summed E-state index contributed by atoms with van der Waals surface area (Å²) in [5, 5.41) is 12.9. The molecule has 0 saturated heterocycles. The van der Waals surface area contributed by atoms with Crippen LogP contribution in [0, 0.1) is 17.2 Å². The summed E-state index contributed by atoms with van der Waals surface area (Å²) >= 11 is 0. The minimum Gasteiger partial charge on any atom is -0.303 e. The van der Waals surface area contributed by atoms with Crippen molar-refractivity contribution < 1.29 is 0 Å². The maximum Gasteiger partial charge on any atom is 0.106 e. The number of hydrogen-bond donors (Lipinski definition) is 1. The second-order valence-electron chi connectivity index (χ2n) is 5.86. The molecule has 0 aromatic heterocycles. The molecule has 0 aliphatic rings. The first-order valence-corrected chi connectivity index (χ1v) is 7.92. The fraction of sp³-hybridized carbons (Fsp3) is 0.938. The quantitative estimate of drug-likeness (QED) is 0.623. The Morgan fingerprint density at radius 3 is 2.37 bits per heavy atom. The first-order valence-electron chi connectivity index (χ1n) is 7.92. The van der Waals surface area contributed by atoms with E-state index in [1.807, 2.05) is 0 Å². The highest BCUT2D eigenvalue weighted by molar-refractivity contribution is 5.06. The number of nitrogens with zero attached hydrogens (tertiary/aromatic N) is 2. The van der Waals surface area contributed by atoms with E-state index in [4.69, 9.17) is 0 Å². The third kappa shape index (κ3) is 7.54. The van der Waals surface area contributed by atoms with Gasteiger partial charge in [-0.15, -0.1) is 0 Å². The first-order chi connectivity index (χ1) is 9.03. The molecule has 3 heteroatoms. The second-order valence-corrected chi connectivity index (χ2v) is 5.86. The highest BCUT2D eigenvalue weighted by Crippen LogP contribution is 2.17. The Morgan fingerprint density at radius 2 is 1.95 bits per heavy atom. The van der Waals surface area contributed by atoms with Gasteiger partial charge in [-0.1, -0.05) is 34.6 Å². The third-order valence-corrected chi connectivity index (χ3v) is 3.68. The Kier molecular flexibility index (Phi) is 9.91. The van der Waals surface area contributed by atoms with E-state index >= 15 is 0 Å². The third-order valence-electron chi connectivity index (χ3n) is 3.68. The maximum absolute atomic E-state index is 9.44. The van der Waals surface area contributed by atoms with Gasteiger partial charge in [-0.2, -0.15) is 5.26 Å². The van der Waals surface area contributed by atoms with Crippen molar-refractivity contribution in [2.75, 3.05) is 26.2 Å². The lowest BCUT2D eigenvalue weighted by Gasteiger charge is -2.28. The molecule has 0 saturated carbocycles. The lowest BCUT2D eigenvalue weighted by atomic mass is 9.91. The molecule has 0 aliphatic heterocycles. The molecule has 0 amide bonds. The molecule has 0 spiro atoms. The summed E-state index contributed by atoms with van der Waals surface area (Å²) in [5.74, 6) is 0.713. The number of nitriles is 1. The minimum absolute atomic E-state index is 0.312. The molecule has 0 rings (SSSR count). The van der Waals surface area contributed by atoms with Crippen molar-refractivity contribution in [2.24, 2.45) is 5.92 Å². The van der Waals surface area contributed by atoms with Gasteiger partial charge in [0.25, 0.3) is 0 Å². The molecule has 0 aromatic rings. The van der Waals surface area contributed by atoms with Crippen LogP contribution in [0.4, 0.5) is 0 Å². The summed E-state index contributed by atoms with van der Waals surface area (Å²) in [6.45, 7) is 15.3. The fourth-order valence-corrected chi connectivity index (χ4v) is 2.43. The van der Waals surface area contributed by atoms with E-state index in [-0.39, 0.29) is 5.54 Å². The van der Waals surface area contributed by atoms with E-state index in [1.165, 1.54) is 0 Å². The van der Waals surface area contributed by atoms with Crippen molar-refractivity contribution in [3.05, 3.63) is 0 Å². The highest BCUT2D eigenvalue weighted by atomic mass is 15.1. The Morgan fingerprint density at radius 1 is 1.26 bits per heavy atom. The van der Waals surface area contributed by atoms with Gasteiger partial charge in [-0.3, -0.25) is 5.32 Å².